The summed E-state index contributed by atoms with van der Waals surface area (Å²) >= 11 is 0. The topological polar surface area (TPSA) is 204 Å². The van der Waals surface area contributed by atoms with Crippen LogP contribution in [0.25, 0.3) is 5.70 Å². The number of nitrogens with zero attached hydrogens (tertiary/aromatic N) is 3. The highest BCUT2D eigenvalue weighted by Gasteiger charge is 2.60. The fraction of sp³-hybridized carbons (Fsp3) is 0.640. The van der Waals surface area contributed by atoms with Crippen molar-refractivity contribution >= 4 is 35.2 Å². The molecule has 2 aromatic rings. The molecule has 67 heavy (non-hydrogen) atoms. The lowest BCUT2D eigenvalue weighted by Gasteiger charge is -2.48. The number of ketones is 1. The van der Waals surface area contributed by atoms with Crippen LogP contribution in [0.15, 0.2) is 60.8 Å². The summed E-state index contributed by atoms with van der Waals surface area (Å²) in [7, 11) is 5.32. The van der Waals surface area contributed by atoms with Crippen molar-refractivity contribution in [3.05, 3.63) is 71.9 Å². The Morgan fingerprint density at radius 2 is 1.69 bits per heavy atom. The van der Waals surface area contributed by atoms with E-state index in [1.807, 2.05) is 88.2 Å². The first kappa shape index (κ1) is 51.6. The van der Waals surface area contributed by atoms with Crippen molar-refractivity contribution in [3.63, 3.8) is 0 Å². The number of nitrogen functional groups attached to an aromatic ring is 1. The molecule has 3 fully saturated rings. The molecular weight excluding hydrogens is 861 g/mol. The van der Waals surface area contributed by atoms with Crippen LogP contribution in [0.1, 0.15) is 103 Å². The van der Waals surface area contributed by atoms with Gasteiger partial charge in [-0.15, -0.1) is 5.53 Å². The fourth-order valence-electron chi connectivity index (χ4n) is 10.6. The van der Waals surface area contributed by atoms with E-state index in [4.69, 9.17) is 34.2 Å². The fourth-order valence-corrected chi connectivity index (χ4v) is 10.6. The van der Waals surface area contributed by atoms with Crippen LogP contribution in [0.5, 0.6) is 0 Å². The van der Waals surface area contributed by atoms with Gasteiger partial charge in [0, 0.05) is 55.4 Å². The lowest BCUT2D eigenvalue weighted by Crippen LogP contribution is -2.61. The smallest absolute Gasteiger partial charge is 0.410 e. The Bertz CT molecular complexity index is 2080. The highest BCUT2D eigenvalue weighted by atomic mass is 16.7. The maximum absolute atomic E-state index is 15.0. The molecule has 0 radical (unpaired) electrons. The van der Waals surface area contributed by atoms with Gasteiger partial charge in [-0.1, -0.05) is 58.0 Å². The number of carbonyl (C=O) groups excluding carboxylic acids is 4. The number of esters is 2. The Morgan fingerprint density at radius 1 is 0.985 bits per heavy atom. The van der Waals surface area contributed by atoms with E-state index < -0.39 is 89.7 Å². The summed E-state index contributed by atoms with van der Waals surface area (Å²) < 4.78 is 38.5. The molecule has 0 aromatic heterocycles. The molecule has 0 spiro atoms. The zero-order chi connectivity index (χ0) is 49.0. The van der Waals surface area contributed by atoms with Gasteiger partial charge in [-0.3, -0.25) is 14.6 Å². The molecule has 6 rings (SSSR count). The number of aliphatic hydroxyl groups excluding tert-OH is 1. The van der Waals surface area contributed by atoms with Crippen molar-refractivity contribution in [3.8, 4) is 0 Å². The van der Waals surface area contributed by atoms with Gasteiger partial charge in [-0.05, 0) is 98.2 Å². The van der Waals surface area contributed by atoms with E-state index in [-0.39, 0.29) is 37.3 Å². The van der Waals surface area contributed by atoms with Gasteiger partial charge in [0.1, 0.15) is 11.9 Å². The van der Waals surface area contributed by atoms with Crippen LogP contribution in [0, 0.1) is 23.7 Å². The normalized spacial score (nSPS) is 35.3. The monoisotopic (exact) mass is 935 g/mol. The molecule has 3 unspecified atom stereocenters. The molecule has 4 aliphatic heterocycles. The van der Waals surface area contributed by atoms with Gasteiger partial charge in [0.2, 0.25) is 0 Å². The highest BCUT2D eigenvalue weighted by Crippen LogP contribution is 2.44. The summed E-state index contributed by atoms with van der Waals surface area (Å²) in [5.41, 5.74) is 12.5. The Hall–Kier alpha value is -4.78. The van der Waals surface area contributed by atoms with Gasteiger partial charge in [0.15, 0.2) is 18.0 Å². The number of nitrogens with one attached hydrogen (secondary N) is 2. The van der Waals surface area contributed by atoms with Gasteiger partial charge >= 0.3 is 18.0 Å². The lowest BCUT2D eigenvalue weighted by atomic mass is 9.73. The van der Waals surface area contributed by atoms with Crippen molar-refractivity contribution in [1.29, 1.82) is 0 Å². The molecule has 4 aliphatic rings. The van der Waals surface area contributed by atoms with Crippen molar-refractivity contribution in [1.82, 2.24) is 25.8 Å². The van der Waals surface area contributed by atoms with E-state index in [0.717, 1.165) is 11.3 Å². The molecule has 0 bridgehead atoms. The maximum Gasteiger partial charge on any atom is 0.410 e. The number of amides is 1. The van der Waals surface area contributed by atoms with Gasteiger partial charge in [-0.2, -0.15) is 0 Å². The Morgan fingerprint density at radius 3 is 2.34 bits per heavy atom. The minimum absolute atomic E-state index is 0.123. The predicted molar refractivity (Wildman–Crippen MR) is 251 cm³/mol. The standard InChI is InChI=1S/C50H74N6O11/c1-12-39-50(8)43(56(48(61)67-50)24-17-16-23-55-28-37(52-53-55)35-21-18-22-36(51)26-35)31(4)40(57)29(2)27-49(7,62-11)44(32(5)41(58)33(6)45(59)64-39)66-47-42(38(54(9)10)25-30(3)63-47)65-46(60)34-19-14-13-15-20-34/h13-15,18-22,26,28-33,38-39,41-44,47,52-53,58H,12,16-17,23-25,27,51H2,1-11H3/t29-,30-,31+,32+,33-,38+,39?,41+,42-,43?,44-,47?,49+,50-/m1/s1. The minimum atomic E-state index is -1.41. The summed E-state index contributed by atoms with van der Waals surface area (Å²) in [5, 5.41) is 14.1. The molecule has 0 saturated carbocycles. The first-order valence-electron chi connectivity index (χ1n) is 23.8. The van der Waals surface area contributed by atoms with E-state index in [1.54, 1.807) is 56.9 Å². The van der Waals surface area contributed by atoms with Crippen LogP contribution in [0.4, 0.5) is 10.5 Å². The number of rotatable bonds is 13. The van der Waals surface area contributed by atoms with Crippen LogP contribution in [0.3, 0.4) is 0 Å². The number of benzene rings is 2. The second-order valence-corrected chi connectivity index (χ2v) is 19.7. The number of nitrogens with two attached hydrogens (primary N) is 1. The van der Waals surface area contributed by atoms with Crippen LogP contribution >= 0.6 is 0 Å². The van der Waals surface area contributed by atoms with E-state index >= 15 is 0 Å². The number of ether oxygens (including phenoxy) is 6. The van der Waals surface area contributed by atoms with Gasteiger partial charge in [-0.25, -0.2) is 9.59 Å². The van der Waals surface area contributed by atoms with Crippen molar-refractivity contribution in [2.45, 2.75) is 148 Å². The lowest BCUT2D eigenvalue weighted by molar-refractivity contribution is -0.300. The second-order valence-electron chi connectivity index (χ2n) is 19.7. The molecule has 14 atom stereocenters. The first-order chi connectivity index (χ1) is 31.7. The molecule has 370 valence electrons. The zero-order valence-electron chi connectivity index (χ0n) is 41.1. The third-order valence-electron chi connectivity index (χ3n) is 14.5. The third kappa shape index (κ3) is 11.2. The quantitative estimate of drug-likeness (QED) is 0.0844. The Kier molecular flexibility index (Phi) is 16.7. The summed E-state index contributed by atoms with van der Waals surface area (Å²) in [6.07, 6.45) is -2.15. The van der Waals surface area contributed by atoms with Crippen LogP contribution in [-0.2, 0) is 38.0 Å². The van der Waals surface area contributed by atoms with E-state index in [0.29, 0.717) is 37.1 Å². The minimum Gasteiger partial charge on any atom is -0.458 e. The highest BCUT2D eigenvalue weighted by molar-refractivity contribution is 5.89. The van der Waals surface area contributed by atoms with Crippen molar-refractivity contribution < 1.29 is 52.7 Å². The molecule has 1 amide bonds. The van der Waals surface area contributed by atoms with Crippen molar-refractivity contribution in [2.75, 3.05) is 40.0 Å². The second kappa shape index (κ2) is 21.7. The van der Waals surface area contributed by atoms with Crippen LogP contribution < -0.4 is 16.7 Å². The first-order valence-corrected chi connectivity index (χ1v) is 23.8. The van der Waals surface area contributed by atoms with E-state index in [1.165, 1.54) is 7.11 Å². The number of hydrogen-bond acceptors (Lipinski definition) is 16. The Labute approximate surface area is 395 Å². The van der Waals surface area contributed by atoms with Gasteiger partial charge < -0.3 is 54.5 Å². The largest absolute Gasteiger partial charge is 0.458 e. The number of methoxy groups -OCH3 is 1. The summed E-state index contributed by atoms with van der Waals surface area (Å²) in [5.74, 6) is -4.76. The third-order valence-corrected chi connectivity index (χ3v) is 14.5. The molecular formula is C50H74N6O11. The summed E-state index contributed by atoms with van der Waals surface area (Å²) in [6, 6.07) is 15.1. The Balaban J connectivity index is 1.28. The van der Waals surface area contributed by atoms with Crippen LogP contribution in [0.2, 0.25) is 0 Å². The molecule has 17 nitrogen and oxygen atoms in total. The van der Waals surface area contributed by atoms with Crippen LogP contribution in [-0.4, -0.2) is 138 Å². The number of fused-ring (bicyclic) bond motifs is 1. The summed E-state index contributed by atoms with van der Waals surface area (Å²) in [4.78, 5) is 60.5. The molecule has 5 N–H and O–H groups in total. The SMILES string of the molecule is CCC1OC(=O)[C@H](C)[C@@H](O)[C@H](C)[C@@H](OC2O[C@H](C)C[C@H](N(C)C)[C@H]2OC(=O)c2ccccc2)[C@@](C)(OC)C[C@@H](C)C(=O)[C@H](C)C2N(CCCCN3C=C(c4cccc(N)c4)NN3)C(=O)O[C@]12C. The molecule has 17 heteroatoms. The van der Waals surface area contributed by atoms with Gasteiger partial charge in [0.05, 0.1) is 53.2 Å². The number of aliphatic hydroxyl groups is 1. The molecule has 4 heterocycles. The molecule has 2 aromatic carbocycles. The van der Waals surface area contributed by atoms with E-state index in [2.05, 4.69) is 11.0 Å². The average Bonchev–Trinajstić information content (AvgIpc) is 3.88. The number of anilines is 1. The van der Waals surface area contributed by atoms with Crippen molar-refractivity contribution in [2.24, 2.45) is 23.7 Å². The number of likely N-dealkylation sites (N-methyl/N-ethyl adjacent to an activating group) is 1. The number of carbonyl (C=O) groups is 4. The maximum atomic E-state index is 15.0. The number of cyclic esters (lactones) is 1. The summed E-state index contributed by atoms with van der Waals surface area (Å²) in [6.45, 7) is 15.2. The molecule has 0 aliphatic carbocycles. The number of hydrogen-bond donors (Lipinski definition) is 4. The number of unbranched alkanes of at least 4 members (excludes halogenated alkanes) is 1. The van der Waals surface area contributed by atoms with Gasteiger partial charge in [0.25, 0.3) is 0 Å². The number of Topliss-reactive ketones (excluding diaryl/α,β-unsaturated/α-hetero) is 1. The average molecular weight is 935 g/mol. The van der Waals surface area contributed by atoms with E-state index in [9.17, 15) is 24.3 Å². The molecule has 3 saturated heterocycles. The predicted octanol–water partition coefficient (Wildman–Crippen LogP) is 5.53. The number of hydrazine groups is 2. The zero-order valence-corrected chi connectivity index (χ0v) is 41.1.